The van der Waals surface area contributed by atoms with Crippen LogP contribution in [0.2, 0.25) is 0 Å². The summed E-state index contributed by atoms with van der Waals surface area (Å²) in [5.41, 5.74) is 2.43. The van der Waals surface area contributed by atoms with Crippen LogP contribution in [0.15, 0.2) is 23.8 Å². The molecule has 0 bridgehead atoms. The summed E-state index contributed by atoms with van der Waals surface area (Å²) < 4.78 is 0. The number of alkyl halides is 3. The zero-order valence-corrected chi connectivity index (χ0v) is 11.9. The highest BCUT2D eigenvalue weighted by Crippen LogP contribution is 2.24. The highest BCUT2D eigenvalue weighted by Gasteiger charge is 2.12. The number of allylic oxidation sites excluding steroid dienone is 3. The van der Waals surface area contributed by atoms with Gasteiger partial charge in [-0.15, -0.1) is 11.6 Å². The van der Waals surface area contributed by atoms with Crippen molar-refractivity contribution in [1.29, 1.82) is 0 Å². The van der Waals surface area contributed by atoms with Crippen molar-refractivity contribution in [2.45, 2.75) is 29.9 Å². The molecule has 0 nitrogen and oxygen atoms in total. The average Bonchev–Trinajstić information content (AvgIpc) is 2.04. The first kappa shape index (κ1) is 13.7. The molecule has 13 heavy (non-hydrogen) atoms. The minimum absolute atomic E-state index is 0.371. The highest BCUT2D eigenvalue weighted by atomic mass is 79.9. The van der Waals surface area contributed by atoms with Crippen molar-refractivity contribution in [2.24, 2.45) is 0 Å². The van der Waals surface area contributed by atoms with Crippen molar-refractivity contribution in [3.63, 3.8) is 0 Å². The monoisotopic (exact) mass is 328 g/mol. The first-order chi connectivity index (χ1) is 5.99. The van der Waals surface area contributed by atoms with Gasteiger partial charge in [0.2, 0.25) is 0 Å². The molecule has 0 saturated carbocycles. The average molecular weight is 330 g/mol. The van der Waals surface area contributed by atoms with Crippen LogP contribution in [-0.4, -0.2) is 15.5 Å². The van der Waals surface area contributed by atoms with Gasteiger partial charge in [0.25, 0.3) is 0 Å². The van der Waals surface area contributed by atoms with Crippen LogP contribution in [-0.2, 0) is 0 Å². The third-order valence-electron chi connectivity index (χ3n) is 1.84. The standard InChI is InChI=1S/C10H15Br2Cl/c1-7(2)9(11)6-10(12)8(3)4-5-13/h4,9-10H,1,5-6H2,2-3H3/b8-4+/t9-,10-/m1/s1. The smallest absolute Gasteiger partial charge is 0.0407 e. The molecule has 0 amide bonds. The van der Waals surface area contributed by atoms with E-state index in [0.29, 0.717) is 15.5 Å². The first-order valence-corrected chi connectivity index (χ1v) is 6.51. The highest BCUT2D eigenvalue weighted by molar-refractivity contribution is 9.10. The fraction of sp³-hybridized carbons (Fsp3) is 0.600. The van der Waals surface area contributed by atoms with Crippen LogP contribution in [0.25, 0.3) is 0 Å². The molecule has 0 N–H and O–H groups in total. The van der Waals surface area contributed by atoms with Crippen LogP contribution in [0, 0.1) is 0 Å². The molecule has 0 aromatic carbocycles. The molecule has 0 unspecified atom stereocenters. The van der Waals surface area contributed by atoms with Crippen molar-refractivity contribution in [2.75, 3.05) is 5.88 Å². The Morgan fingerprint density at radius 1 is 1.38 bits per heavy atom. The largest absolute Gasteiger partial charge is 0.122 e. The van der Waals surface area contributed by atoms with Gasteiger partial charge in [-0.3, -0.25) is 0 Å². The predicted molar refractivity (Wildman–Crippen MR) is 69.3 cm³/mol. The molecule has 0 aliphatic carbocycles. The van der Waals surface area contributed by atoms with E-state index in [9.17, 15) is 0 Å². The maximum atomic E-state index is 5.61. The van der Waals surface area contributed by atoms with E-state index in [4.69, 9.17) is 11.6 Å². The molecule has 76 valence electrons. The molecule has 0 aromatic heterocycles. The lowest BCUT2D eigenvalue weighted by Gasteiger charge is -2.15. The zero-order valence-electron chi connectivity index (χ0n) is 7.99. The van der Waals surface area contributed by atoms with E-state index in [2.05, 4.69) is 45.4 Å². The molecular weight excluding hydrogens is 315 g/mol. The predicted octanol–water partition coefficient (Wildman–Crippen LogP) is 4.66. The molecule has 0 rings (SSSR count). The molecular formula is C10H15Br2Cl. The van der Waals surface area contributed by atoms with Gasteiger partial charge in [0.15, 0.2) is 0 Å². The number of hydrogen-bond donors (Lipinski definition) is 0. The number of rotatable bonds is 5. The SMILES string of the molecule is C=C(C)[C@H](Br)C[C@@H](Br)/C(C)=C/CCl. The molecule has 3 heteroatoms. The molecule has 0 saturated heterocycles. The van der Waals surface area contributed by atoms with Crippen LogP contribution in [0.5, 0.6) is 0 Å². The summed E-state index contributed by atoms with van der Waals surface area (Å²) in [6.45, 7) is 8.01. The third-order valence-corrected chi connectivity index (χ3v) is 4.25. The Morgan fingerprint density at radius 3 is 2.31 bits per heavy atom. The fourth-order valence-electron chi connectivity index (χ4n) is 0.818. The topological polar surface area (TPSA) is 0 Å². The van der Waals surface area contributed by atoms with Gasteiger partial charge in [0.05, 0.1) is 0 Å². The van der Waals surface area contributed by atoms with Crippen LogP contribution in [0.3, 0.4) is 0 Å². The van der Waals surface area contributed by atoms with Crippen LogP contribution >= 0.6 is 43.5 Å². The summed E-state index contributed by atoms with van der Waals surface area (Å²) in [4.78, 5) is 0.753. The maximum Gasteiger partial charge on any atom is 0.0407 e. The first-order valence-electron chi connectivity index (χ1n) is 4.15. The summed E-state index contributed by atoms with van der Waals surface area (Å²) in [6, 6.07) is 0. The molecule has 0 aliphatic heterocycles. The van der Waals surface area contributed by atoms with Gasteiger partial charge < -0.3 is 0 Å². The van der Waals surface area contributed by atoms with Crippen molar-refractivity contribution in [3.05, 3.63) is 23.8 Å². The van der Waals surface area contributed by atoms with E-state index in [1.807, 2.05) is 13.0 Å². The lowest BCUT2D eigenvalue weighted by Crippen LogP contribution is -2.09. The van der Waals surface area contributed by atoms with Gasteiger partial charge in [-0.25, -0.2) is 0 Å². The van der Waals surface area contributed by atoms with E-state index < -0.39 is 0 Å². The van der Waals surface area contributed by atoms with E-state index in [1.165, 1.54) is 5.57 Å². The zero-order chi connectivity index (χ0) is 10.4. The second-order valence-corrected chi connectivity index (χ2v) is 5.64. The van der Waals surface area contributed by atoms with Crippen molar-refractivity contribution in [1.82, 2.24) is 0 Å². The summed E-state index contributed by atoms with van der Waals surface area (Å²) in [7, 11) is 0. The molecule has 2 atom stereocenters. The summed E-state index contributed by atoms with van der Waals surface area (Å²) >= 11 is 12.8. The van der Waals surface area contributed by atoms with Gasteiger partial charge in [0.1, 0.15) is 0 Å². The third kappa shape index (κ3) is 5.92. The van der Waals surface area contributed by atoms with Gasteiger partial charge in [-0.2, -0.15) is 0 Å². The molecule has 0 radical (unpaired) electrons. The van der Waals surface area contributed by atoms with Crippen LogP contribution < -0.4 is 0 Å². The Morgan fingerprint density at radius 2 is 1.92 bits per heavy atom. The fourth-order valence-corrected chi connectivity index (χ4v) is 2.50. The summed E-state index contributed by atoms with van der Waals surface area (Å²) in [5.74, 6) is 0.577. The van der Waals surface area contributed by atoms with Gasteiger partial charge >= 0.3 is 0 Å². The lowest BCUT2D eigenvalue weighted by molar-refractivity contribution is 0.853. The summed E-state index contributed by atoms with van der Waals surface area (Å²) in [6.07, 6.45) is 3.04. The van der Waals surface area contributed by atoms with Crippen LogP contribution in [0.1, 0.15) is 20.3 Å². The van der Waals surface area contributed by atoms with E-state index in [-0.39, 0.29) is 0 Å². The Balaban J connectivity index is 4.06. The van der Waals surface area contributed by atoms with Crippen molar-refractivity contribution in [3.8, 4) is 0 Å². The molecule has 0 aliphatic rings. The second-order valence-electron chi connectivity index (χ2n) is 3.12. The maximum absolute atomic E-state index is 5.61. The molecule has 0 spiro atoms. The van der Waals surface area contributed by atoms with Gasteiger partial charge in [-0.05, 0) is 20.3 Å². The Kier molecular flexibility index (Phi) is 7.48. The quantitative estimate of drug-likeness (QED) is 0.508. The second kappa shape index (κ2) is 7.08. The normalized spacial score (nSPS) is 16.8. The Hall–Kier alpha value is 0.730. The summed E-state index contributed by atoms with van der Waals surface area (Å²) in [5, 5.41) is 0. The number of hydrogen-bond acceptors (Lipinski definition) is 0. The van der Waals surface area contributed by atoms with Crippen molar-refractivity contribution < 1.29 is 0 Å². The van der Waals surface area contributed by atoms with Gasteiger partial charge in [0, 0.05) is 15.5 Å². The number of halogens is 3. The minimum Gasteiger partial charge on any atom is -0.122 e. The Bertz CT molecular complexity index is 199. The van der Waals surface area contributed by atoms with E-state index in [0.717, 1.165) is 12.0 Å². The lowest BCUT2D eigenvalue weighted by atomic mass is 10.1. The minimum atomic E-state index is 0.371. The Labute approximate surface area is 103 Å². The van der Waals surface area contributed by atoms with E-state index in [1.54, 1.807) is 0 Å². The molecule has 0 heterocycles. The molecule has 0 aromatic rings. The van der Waals surface area contributed by atoms with E-state index >= 15 is 0 Å². The van der Waals surface area contributed by atoms with Crippen LogP contribution in [0.4, 0.5) is 0 Å². The molecule has 0 fully saturated rings. The van der Waals surface area contributed by atoms with Gasteiger partial charge in [-0.1, -0.05) is 55.7 Å². The van der Waals surface area contributed by atoms with Crippen molar-refractivity contribution >= 4 is 43.5 Å².